The van der Waals surface area contributed by atoms with Crippen LogP contribution in [-0.2, 0) is 0 Å². The standard InChI is InChI=1S/C24H35F/c1-3-4-5-6-19-8-11-20(12-9-19)21-13-15-22(16-14-21)23-10-7-18(2)24(25)17-23/h7,10,15,17,19-21H,3-6,8-9,11-14,16H2,1-2H3. The van der Waals surface area contributed by atoms with Crippen LogP contribution in [0.1, 0.15) is 88.7 Å². The van der Waals surface area contributed by atoms with Crippen molar-refractivity contribution in [3.05, 3.63) is 41.2 Å². The number of rotatable bonds is 6. The predicted octanol–water partition coefficient (Wildman–Crippen LogP) is 7.70. The van der Waals surface area contributed by atoms with Gasteiger partial charge in [0.1, 0.15) is 5.82 Å². The molecule has 1 aromatic rings. The van der Waals surface area contributed by atoms with Crippen molar-refractivity contribution in [2.24, 2.45) is 17.8 Å². The van der Waals surface area contributed by atoms with E-state index >= 15 is 0 Å². The molecule has 0 bridgehead atoms. The van der Waals surface area contributed by atoms with Gasteiger partial charge in [-0.3, -0.25) is 0 Å². The van der Waals surface area contributed by atoms with E-state index in [1.54, 1.807) is 6.07 Å². The van der Waals surface area contributed by atoms with Crippen LogP contribution < -0.4 is 0 Å². The number of unbranched alkanes of at least 4 members (excludes halogenated alkanes) is 2. The van der Waals surface area contributed by atoms with Crippen molar-refractivity contribution >= 4 is 5.57 Å². The van der Waals surface area contributed by atoms with Gasteiger partial charge in [0.2, 0.25) is 0 Å². The molecule has 1 unspecified atom stereocenters. The van der Waals surface area contributed by atoms with Crippen molar-refractivity contribution in [3.8, 4) is 0 Å². The zero-order valence-corrected chi connectivity index (χ0v) is 16.2. The third kappa shape index (κ3) is 4.96. The molecule has 0 nitrogen and oxygen atoms in total. The topological polar surface area (TPSA) is 0 Å². The summed E-state index contributed by atoms with van der Waals surface area (Å²) < 4.78 is 13.8. The van der Waals surface area contributed by atoms with E-state index in [1.807, 2.05) is 13.0 Å². The fourth-order valence-electron chi connectivity index (χ4n) is 4.97. The number of aryl methyl sites for hydroxylation is 1. The minimum atomic E-state index is -0.0677. The first-order valence-corrected chi connectivity index (χ1v) is 10.6. The van der Waals surface area contributed by atoms with E-state index in [0.29, 0.717) is 0 Å². The molecular formula is C24H35F. The summed E-state index contributed by atoms with van der Waals surface area (Å²) in [5, 5.41) is 0. The van der Waals surface area contributed by atoms with Crippen LogP contribution in [-0.4, -0.2) is 0 Å². The van der Waals surface area contributed by atoms with Crippen LogP contribution in [0, 0.1) is 30.5 Å². The SMILES string of the molecule is CCCCCC1CCC(C2CC=C(c3ccc(C)c(F)c3)CC2)CC1. The maximum atomic E-state index is 13.8. The summed E-state index contributed by atoms with van der Waals surface area (Å²) in [5.74, 6) is 2.75. The second-order valence-electron chi connectivity index (χ2n) is 8.50. The van der Waals surface area contributed by atoms with Crippen LogP contribution in [0.25, 0.3) is 5.57 Å². The lowest BCUT2D eigenvalue weighted by atomic mass is 9.70. The van der Waals surface area contributed by atoms with E-state index in [0.717, 1.165) is 35.3 Å². The van der Waals surface area contributed by atoms with Crippen LogP contribution in [0.3, 0.4) is 0 Å². The molecule has 0 N–H and O–H groups in total. The summed E-state index contributed by atoms with van der Waals surface area (Å²) in [7, 11) is 0. The highest BCUT2D eigenvalue weighted by atomic mass is 19.1. The van der Waals surface area contributed by atoms with Gasteiger partial charge in [0.15, 0.2) is 0 Å². The lowest BCUT2D eigenvalue weighted by Gasteiger charge is -2.35. The number of hydrogen-bond donors (Lipinski definition) is 0. The molecule has 25 heavy (non-hydrogen) atoms. The first-order valence-electron chi connectivity index (χ1n) is 10.6. The summed E-state index contributed by atoms with van der Waals surface area (Å²) >= 11 is 0. The van der Waals surface area contributed by atoms with Gasteiger partial charge in [-0.25, -0.2) is 4.39 Å². The van der Waals surface area contributed by atoms with Gasteiger partial charge in [-0.05, 0) is 79.5 Å². The van der Waals surface area contributed by atoms with Crippen molar-refractivity contribution < 1.29 is 4.39 Å². The Kier molecular flexibility index (Phi) is 6.73. The van der Waals surface area contributed by atoms with Crippen molar-refractivity contribution in [2.45, 2.75) is 84.5 Å². The fourth-order valence-corrected chi connectivity index (χ4v) is 4.97. The van der Waals surface area contributed by atoms with E-state index in [2.05, 4.69) is 19.1 Å². The maximum absolute atomic E-state index is 13.8. The number of hydrogen-bond acceptors (Lipinski definition) is 0. The van der Waals surface area contributed by atoms with Gasteiger partial charge in [0.05, 0.1) is 0 Å². The minimum Gasteiger partial charge on any atom is -0.207 e. The van der Waals surface area contributed by atoms with Gasteiger partial charge in [0, 0.05) is 0 Å². The highest BCUT2D eigenvalue weighted by Crippen LogP contribution is 2.42. The van der Waals surface area contributed by atoms with Crippen molar-refractivity contribution in [3.63, 3.8) is 0 Å². The molecule has 1 aromatic carbocycles. The molecule has 0 aromatic heterocycles. The highest BCUT2D eigenvalue weighted by molar-refractivity contribution is 5.66. The molecule has 1 saturated carbocycles. The van der Waals surface area contributed by atoms with Gasteiger partial charge in [-0.1, -0.05) is 63.7 Å². The monoisotopic (exact) mass is 342 g/mol. The molecule has 1 heteroatoms. The molecule has 0 radical (unpaired) electrons. The number of allylic oxidation sites excluding steroid dienone is 2. The summed E-state index contributed by atoms with van der Waals surface area (Å²) in [6, 6.07) is 5.73. The fraction of sp³-hybridized carbons (Fsp3) is 0.667. The Labute approximate surface area is 153 Å². The van der Waals surface area contributed by atoms with Gasteiger partial charge >= 0.3 is 0 Å². The second kappa shape index (κ2) is 9.01. The average Bonchev–Trinajstić information content (AvgIpc) is 2.65. The Hall–Kier alpha value is -1.11. The van der Waals surface area contributed by atoms with E-state index in [-0.39, 0.29) is 5.82 Å². The molecule has 0 heterocycles. The van der Waals surface area contributed by atoms with Gasteiger partial charge in [-0.15, -0.1) is 0 Å². The highest BCUT2D eigenvalue weighted by Gasteiger charge is 2.28. The molecule has 0 amide bonds. The first kappa shape index (κ1) is 18.7. The summed E-state index contributed by atoms with van der Waals surface area (Å²) in [5.41, 5.74) is 3.21. The second-order valence-corrected chi connectivity index (χ2v) is 8.50. The summed E-state index contributed by atoms with van der Waals surface area (Å²) in [6.07, 6.45) is 17.5. The molecule has 2 aliphatic carbocycles. The van der Waals surface area contributed by atoms with Crippen LogP contribution in [0.5, 0.6) is 0 Å². The van der Waals surface area contributed by atoms with Crippen LogP contribution in [0.2, 0.25) is 0 Å². The number of benzene rings is 1. The Balaban J connectivity index is 1.49. The van der Waals surface area contributed by atoms with E-state index < -0.39 is 0 Å². The third-order valence-electron chi connectivity index (χ3n) is 6.77. The molecular weight excluding hydrogens is 307 g/mol. The molecule has 138 valence electrons. The predicted molar refractivity (Wildman–Crippen MR) is 106 cm³/mol. The lowest BCUT2D eigenvalue weighted by Crippen LogP contribution is -2.23. The van der Waals surface area contributed by atoms with Crippen molar-refractivity contribution in [1.29, 1.82) is 0 Å². The first-order chi connectivity index (χ1) is 12.2. The van der Waals surface area contributed by atoms with Crippen molar-refractivity contribution in [1.82, 2.24) is 0 Å². The Bertz CT molecular complexity index is 578. The summed E-state index contributed by atoms with van der Waals surface area (Å²) in [4.78, 5) is 0. The quantitative estimate of drug-likeness (QED) is 0.464. The smallest absolute Gasteiger partial charge is 0.126 e. The lowest BCUT2D eigenvalue weighted by molar-refractivity contribution is 0.187. The zero-order chi connectivity index (χ0) is 17.6. The normalized spacial score (nSPS) is 27.2. The van der Waals surface area contributed by atoms with E-state index in [4.69, 9.17) is 0 Å². The van der Waals surface area contributed by atoms with Crippen LogP contribution >= 0.6 is 0 Å². The molecule has 0 saturated heterocycles. The van der Waals surface area contributed by atoms with Gasteiger partial charge in [-0.2, -0.15) is 0 Å². The van der Waals surface area contributed by atoms with Gasteiger partial charge in [0.25, 0.3) is 0 Å². The Morgan fingerprint density at radius 2 is 1.80 bits per heavy atom. The van der Waals surface area contributed by atoms with Crippen molar-refractivity contribution in [2.75, 3.05) is 0 Å². The van der Waals surface area contributed by atoms with Crippen LogP contribution in [0.15, 0.2) is 24.3 Å². The van der Waals surface area contributed by atoms with Gasteiger partial charge < -0.3 is 0 Å². The molecule has 0 aliphatic heterocycles. The number of halogens is 1. The molecule has 2 aliphatic rings. The Morgan fingerprint density at radius 3 is 2.44 bits per heavy atom. The molecule has 3 rings (SSSR count). The van der Waals surface area contributed by atoms with Crippen LogP contribution in [0.4, 0.5) is 4.39 Å². The maximum Gasteiger partial charge on any atom is 0.126 e. The van der Waals surface area contributed by atoms with E-state index in [9.17, 15) is 4.39 Å². The average molecular weight is 343 g/mol. The molecule has 1 atom stereocenters. The summed E-state index contributed by atoms with van der Waals surface area (Å²) in [6.45, 7) is 4.13. The van der Waals surface area contributed by atoms with E-state index in [1.165, 1.54) is 69.8 Å². The largest absolute Gasteiger partial charge is 0.207 e. The Morgan fingerprint density at radius 1 is 1.00 bits per heavy atom. The molecule has 0 spiro atoms. The third-order valence-corrected chi connectivity index (χ3v) is 6.77. The molecule has 1 fully saturated rings. The minimum absolute atomic E-state index is 0.0677. The zero-order valence-electron chi connectivity index (χ0n) is 16.2.